The third-order valence-corrected chi connectivity index (χ3v) is 2.68. The van der Waals surface area contributed by atoms with Gasteiger partial charge in [-0.15, -0.1) is 0 Å². The van der Waals surface area contributed by atoms with Gasteiger partial charge in [0.05, 0.1) is 5.69 Å². The van der Waals surface area contributed by atoms with Gasteiger partial charge in [-0.3, -0.25) is 14.2 Å². The Labute approximate surface area is 104 Å². The van der Waals surface area contributed by atoms with Crippen LogP contribution in [0.5, 0.6) is 0 Å². The van der Waals surface area contributed by atoms with Gasteiger partial charge in [0.1, 0.15) is 5.56 Å². The summed E-state index contributed by atoms with van der Waals surface area (Å²) in [5.74, 6) is -0.820. The molecule has 0 spiro atoms. The summed E-state index contributed by atoms with van der Waals surface area (Å²) in [6.45, 7) is 1.95. The second-order valence-corrected chi connectivity index (χ2v) is 4.02. The molecule has 0 unspecified atom stereocenters. The van der Waals surface area contributed by atoms with Gasteiger partial charge in [0.2, 0.25) is 0 Å². The first-order chi connectivity index (χ1) is 8.50. The summed E-state index contributed by atoms with van der Waals surface area (Å²) < 4.78 is 1.34. The summed E-state index contributed by atoms with van der Waals surface area (Å²) in [7, 11) is 0. The van der Waals surface area contributed by atoms with Crippen molar-refractivity contribution in [3.8, 4) is 5.69 Å². The molecule has 18 heavy (non-hydrogen) atoms. The van der Waals surface area contributed by atoms with Crippen molar-refractivity contribution >= 4 is 11.6 Å². The zero-order valence-electron chi connectivity index (χ0n) is 9.88. The molecule has 1 aromatic heterocycles. The summed E-state index contributed by atoms with van der Waals surface area (Å²) in [4.78, 5) is 23.3. The number of amides is 1. The average molecular weight is 243 g/mol. The molecule has 0 saturated carbocycles. The number of aryl methyl sites for hydroxylation is 1. The fourth-order valence-corrected chi connectivity index (χ4v) is 1.71. The van der Waals surface area contributed by atoms with Crippen molar-refractivity contribution < 1.29 is 4.79 Å². The smallest absolute Gasteiger partial charge is 0.270 e. The molecular weight excluding hydrogens is 230 g/mol. The van der Waals surface area contributed by atoms with Crippen LogP contribution >= 0.6 is 0 Å². The molecule has 0 atom stereocenters. The highest BCUT2D eigenvalue weighted by atomic mass is 16.2. The Balaban J connectivity index is 2.67. The number of primary amides is 1. The molecule has 0 radical (unpaired) electrons. The number of nitrogens with two attached hydrogens (primary N) is 2. The van der Waals surface area contributed by atoms with Gasteiger partial charge < -0.3 is 11.5 Å². The fourth-order valence-electron chi connectivity index (χ4n) is 1.71. The van der Waals surface area contributed by atoms with E-state index in [4.69, 9.17) is 11.5 Å². The lowest BCUT2D eigenvalue weighted by molar-refractivity contribution is 0.0999. The average Bonchev–Trinajstić information content (AvgIpc) is 2.30. The molecule has 0 aliphatic carbocycles. The number of hydrogen-bond donors (Lipinski definition) is 2. The molecule has 0 saturated heterocycles. The number of anilines is 1. The second-order valence-electron chi connectivity index (χ2n) is 4.02. The quantitative estimate of drug-likeness (QED) is 0.818. The van der Waals surface area contributed by atoms with Gasteiger partial charge in [0.25, 0.3) is 11.5 Å². The van der Waals surface area contributed by atoms with Crippen molar-refractivity contribution in [2.45, 2.75) is 6.92 Å². The van der Waals surface area contributed by atoms with E-state index in [0.717, 1.165) is 5.56 Å². The maximum absolute atomic E-state index is 12.1. The normalized spacial score (nSPS) is 10.3. The van der Waals surface area contributed by atoms with Gasteiger partial charge in [-0.1, -0.05) is 17.7 Å². The van der Waals surface area contributed by atoms with Crippen LogP contribution in [-0.4, -0.2) is 10.5 Å². The first-order valence-electron chi connectivity index (χ1n) is 5.38. The van der Waals surface area contributed by atoms with E-state index < -0.39 is 11.5 Å². The molecule has 1 aromatic carbocycles. The number of carbonyl (C=O) groups is 1. The molecule has 92 valence electrons. The van der Waals surface area contributed by atoms with Gasteiger partial charge in [0, 0.05) is 11.9 Å². The van der Waals surface area contributed by atoms with Crippen LogP contribution in [-0.2, 0) is 0 Å². The standard InChI is InChI=1S/C13H13N3O2/c1-8-2-4-9(5-3-8)16-7-6-10(14)11(12(15)17)13(16)18/h2-7H,14H2,1H3,(H2,15,17). The molecule has 2 aromatic rings. The predicted octanol–water partition coefficient (Wildman–Crippen LogP) is 0.827. The lowest BCUT2D eigenvalue weighted by Crippen LogP contribution is -2.29. The minimum atomic E-state index is -0.820. The molecule has 0 aliphatic heterocycles. The Kier molecular flexibility index (Phi) is 2.89. The molecule has 5 heteroatoms. The largest absolute Gasteiger partial charge is 0.398 e. The number of rotatable bonds is 2. The number of aromatic nitrogens is 1. The zero-order chi connectivity index (χ0) is 13.3. The number of nitrogen functional groups attached to an aromatic ring is 1. The summed E-state index contributed by atoms with van der Waals surface area (Å²) in [6.07, 6.45) is 1.52. The molecule has 0 aliphatic rings. The van der Waals surface area contributed by atoms with Gasteiger partial charge >= 0.3 is 0 Å². The molecule has 0 fully saturated rings. The molecule has 1 amide bonds. The van der Waals surface area contributed by atoms with E-state index in [0.29, 0.717) is 5.69 Å². The molecule has 0 bridgehead atoms. The van der Waals surface area contributed by atoms with Crippen molar-refractivity contribution in [2.24, 2.45) is 5.73 Å². The van der Waals surface area contributed by atoms with Gasteiger partial charge in [-0.2, -0.15) is 0 Å². The first kappa shape index (κ1) is 11.9. The molecule has 5 nitrogen and oxygen atoms in total. The Morgan fingerprint density at radius 3 is 2.33 bits per heavy atom. The van der Waals surface area contributed by atoms with Crippen LogP contribution in [0, 0.1) is 6.92 Å². The predicted molar refractivity (Wildman–Crippen MR) is 69.7 cm³/mol. The molecular formula is C13H13N3O2. The number of benzene rings is 1. The van der Waals surface area contributed by atoms with Crippen molar-refractivity contribution in [1.29, 1.82) is 0 Å². The minimum absolute atomic E-state index is 0.0934. The zero-order valence-corrected chi connectivity index (χ0v) is 9.88. The molecule has 1 heterocycles. The summed E-state index contributed by atoms with van der Waals surface area (Å²) in [5, 5.41) is 0. The summed E-state index contributed by atoms with van der Waals surface area (Å²) in [5.41, 5.74) is 11.9. The fraction of sp³-hybridized carbons (Fsp3) is 0.0769. The van der Waals surface area contributed by atoms with Crippen LogP contribution in [0.4, 0.5) is 5.69 Å². The van der Waals surface area contributed by atoms with Crippen LogP contribution in [0.25, 0.3) is 5.69 Å². The third kappa shape index (κ3) is 1.98. The van der Waals surface area contributed by atoms with Crippen LogP contribution in [0.15, 0.2) is 41.3 Å². The maximum Gasteiger partial charge on any atom is 0.270 e. The number of pyridine rings is 1. The lowest BCUT2D eigenvalue weighted by Gasteiger charge is -2.09. The van der Waals surface area contributed by atoms with E-state index in [1.54, 1.807) is 12.1 Å². The Hall–Kier alpha value is -2.56. The highest BCUT2D eigenvalue weighted by Crippen LogP contribution is 2.10. The third-order valence-electron chi connectivity index (χ3n) is 2.68. The summed E-state index contributed by atoms with van der Waals surface area (Å²) in [6, 6.07) is 8.82. The lowest BCUT2D eigenvalue weighted by atomic mass is 10.2. The maximum atomic E-state index is 12.1. The van der Waals surface area contributed by atoms with E-state index in [2.05, 4.69) is 0 Å². The Morgan fingerprint density at radius 1 is 1.17 bits per heavy atom. The number of hydrogen-bond acceptors (Lipinski definition) is 3. The van der Waals surface area contributed by atoms with E-state index >= 15 is 0 Å². The number of carbonyl (C=O) groups excluding carboxylic acids is 1. The van der Waals surface area contributed by atoms with Crippen LogP contribution in [0.2, 0.25) is 0 Å². The Bertz CT molecular complexity index is 657. The SMILES string of the molecule is Cc1ccc(-n2ccc(N)c(C(N)=O)c2=O)cc1. The van der Waals surface area contributed by atoms with Gasteiger partial charge in [0.15, 0.2) is 0 Å². The highest BCUT2D eigenvalue weighted by molar-refractivity contribution is 5.97. The van der Waals surface area contributed by atoms with Crippen LogP contribution in [0.1, 0.15) is 15.9 Å². The molecule has 2 rings (SSSR count). The highest BCUT2D eigenvalue weighted by Gasteiger charge is 2.13. The first-order valence-corrected chi connectivity index (χ1v) is 5.38. The van der Waals surface area contributed by atoms with Crippen molar-refractivity contribution in [3.05, 3.63) is 58.0 Å². The molecule has 4 N–H and O–H groups in total. The van der Waals surface area contributed by atoms with Crippen molar-refractivity contribution in [1.82, 2.24) is 4.57 Å². The summed E-state index contributed by atoms with van der Waals surface area (Å²) >= 11 is 0. The van der Waals surface area contributed by atoms with E-state index in [-0.39, 0.29) is 11.3 Å². The second kappa shape index (κ2) is 4.37. The van der Waals surface area contributed by atoms with E-state index in [9.17, 15) is 9.59 Å². The van der Waals surface area contributed by atoms with E-state index in [1.165, 1.54) is 16.8 Å². The number of nitrogens with zero attached hydrogens (tertiary/aromatic N) is 1. The monoisotopic (exact) mass is 243 g/mol. The van der Waals surface area contributed by atoms with Crippen molar-refractivity contribution in [2.75, 3.05) is 5.73 Å². The minimum Gasteiger partial charge on any atom is -0.398 e. The van der Waals surface area contributed by atoms with Crippen LogP contribution in [0.3, 0.4) is 0 Å². The van der Waals surface area contributed by atoms with Crippen LogP contribution < -0.4 is 17.0 Å². The van der Waals surface area contributed by atoms with E-state index in [1.807, 2.05) is 19.1 Å². The topological polar surface area (TPSA) is 91.1 Å². The Morgan fingerprint density at radius 2 is 1.78 bits per heavy atom. The van der Waals surface area contributed by atoms with Crippen molar-refractivity contribution in [3.63, 3.8) is 0 Å². The van der Waals surface area contributed by atoms with Gasteiger partial charge in [-0.25, -0.2) is 0 Å². The van der Waals surface area contributed by atoms with Gasteiger partial charge in [-0.05, 0) is 25.1 Å².